The average molecular weight is 389 g/mol. The van der Waals surface area contributed by atoms with Crippen LogP contribution in [-0.4, -0.2) is 53.6 Å². The summed E-state index contributed by atoms with van der Waals surface area (Å²) in [5.41, 5.74) is 2.61. The van der Waals surface area contributed by atoms with E-state index in [-0.39, 0.29) is 18.2 Å². The van der Waals surface area contributed by atoms with Crippen LogP contribution in [0.25, 0.3) is 17.2 Å². The maximum absolute atomic E-state index is 12.8. The molecule has 1 atom stereocenters. The average Bonchev–Trinajstić information content (AvgIpc) is 3.34. The Morgan fingerprint density at radius 2 is 1.93 bits per heavy atom. The van der Waals surface area contributed by atoms with E-state index >= 15 is 0 Å². The molecule has 2 aliphatic heterocycles. The number of nitrogens with one attached hydrogen (secondary N) is 1. The Morgan fingerprint density at radius 3 is 2.72 bits per heavy atom. The molecule has 4 heterocycles. The predicted molar refractivity (Wildman–Crippen MR) is 98.4 cm³/mol. The molecule has 2 aliphatic rings. The van der Waals surface area contributed by atoms with Gasteiger partial charge < -0.3 is 4.90 Å². The van der Waals surface area contributed by atoms with Crippen LogP contribution in [0.15, 0.2) is 42.9 Å². The van der Waals surface area contributed by atoms with E-state index in [0.717, 1.165) is 11.3 Å². The minimum atomic E-state index is -0.635. The Hall–Kier alpha value is -3.95. The molecule has 0 saturated carbocycles. The fraction of sp³-hybridized carbons (Fsp3) is 0.211. The fourth-order valence-corrected chi connectivity index (χ4v) is 3.63. The van der Waals surface area contributed by atoms with Crippen molar-refractivity contribution in [2.24, 2.45) is 0 Å². The molecule has 3 amide bonds. The first-order valence-corrected chi connectivity index (χ1v) is 9.08. The number of carbonyl (C=O) groups excluding carboxylic acids is 3. The van der Waals surface area contributed by atoms with Crippen molar-refractivity contribution in [1.82, 2.24) is 35.2 Å². The molecule has 144 valence electrons. The van der Waals surface area contributed by atoms with Gasteiger partial charge in [-0.05, 0) is 36.2 Å². The Bertz CT molecular complexity index is 1140. The summed E-state index contributed by atoms with van der Waals surface area (Å²) in [7, 11) is 0. The van der Waals surface area contributed by atoms with Crippen LogP contribution < -0.4 is 5.32 Å². The predicted octanol–water partition coefficient (Wildman–Crippen LogP) is 0.485. The van der Waals surface area contributed by atoms with E-state index in [4.69, 9.17) is 0 Å². The van der Waals surface area contributed by atoms with E-state index < -0.39 is 11.9 Å². The number of fused-ring (bicyclic) bond motifs is 1. The first kappa shape index (κ1) is 17.2. The standard InChI is InChI=1S/C19H15N7O3/c27-16-5-4-15(18(28)22-16)25-9-11-8-12(2-3-13(11)19(25)29)26-10-14(23-24-26)17-20-6-1-7-21-17/h1-3,6-8,10,15H,4-5,9H2,(H,22,27,28). The van der Waals surface area contributed by atoms with Crippen molar-refractivity contribution in [2.75, 3.05) is 0 Å². The number of amides is 3. The smallest absolute Gasteiger partial charge is 0.255 e. The quantitative estimate of drug-likeness (QED) is 0.647. The van der Waals surface area contributed by atoms with Crippen molar-refractivity contribution in [3.8, 4) is 17.2 Å². The van der Waals surface area contributed by atoms with E-state index in [1.165, 1.54) is 4.90 Å². The number of hydrogen-bond donors (Lipinski definition) is 1. The van der Waals surface area contributed by atoms with Crippen molar-refractivity contribution in [2.45, 2.75) is 25.4 Å². The SMILES string of the molecule is O=C1CCC(N2Cc3cc(-n4cc(-c5ncccn5)nn4)ccc3C2=O)C(=O)N1. The van der Waals surface area contributed by atoms with E-state index in [1.54, 1.807) is 41.5 Å². The number of nitrogens with zero attached hydrogens (tertiary/aromatic N) is 6. The highest BCUT2D eigenvalue weighted by Gasteiger charge is 2.39. The zero-order chi connectivity index (χ0) is 20.0. The van der Waals surface area contributed by atoms with E-state index in [9.17, 15) is 14.4 Å². The van der Waals surface area contributed by atoms with Gasteiger partial charge in [0.1, 0.15) is 6.04 Å². The summed E-state index contributed by atoms with van der Waals surface area (Å²) in [6.45, 7) is 0.303. The molecule has 0 bridgehead atoms. The van der Waals surface area contributed by atoms with Crippen LogP contribution >= 0.6 is 0 Å². The van der Waals surface area contributed by atoms with Gasteiger partial charge >= 0.3 is 0 Å². The number of imide groups is 1. The minimum Gasteiger partial charge on any atom is -0.322 e. The highest BCUT2D eigenvalue weighted by Crippen LogP contribution is 2.29. The molecule has 1 saturated heterocycles. The molecule has 5 rings (SSSR count). The van der Waals surface area contributed by atoms with Crippen LogP contribution in [0.3, 0.4) is 0 Å². The number of piperidine rings is 1. The van der Waals surface area contributed by atoms with Gasteiger partial charge in [-0.2, -0.15) is 0 Å². The zero-order valence-electron chi connectivity index (χ0n) is 15.1. The summed E-state index contributed by atoms with van der Waals surface area (Å²) >= 11 is 0. The molecule has 0 spiro atoms. The van der Waals surface area contributed by atoms with Crippen molar-refractivity contribution in [3.63, 3.8) is 0 Å². The summed E-state index contributed by atoms with van der Waals surface area (Å²) in [6, 6.07) is 6.43. The lowest BCUT2D eigenvalue weighted by Gasteiger charge is -2.29. The van der Waals surface area contributed by atoms with Gasteiger partial charge in [0.2, 0.25) is 11.8 Å². The molecule has 1 aromatic carbocycles. The van der Waals surface area contributed by atoms with Crippen LogP contribution in [0.5, 0.6) is 0 Å². The molecule has 0 radical (unpaired) electrons. The maximum Gasteiger partial charge on any atom is 0.255 e. The first-order chi connectivity index (χ1) is 14.1. The normalized spacial score (nSPS) is 18.7. The molecule has 29 heavy (non-hydrogen) atoms. The number of carbonyl (C=O) groups is 3. The fourth-order valence-electron chi connectivity index (χ4n) is 3.63. The van der Waals surface area contributed by atoms with E-state index in [1.807, 2.05) is 6.07 Å². The van der Waals surface area contributed by atoms with Gasteiger partial charge in [0.25, 0.3) is 5.91 Å². The Morgan fingerprint density at radius 1 is 1.10 bits per heavy atom. The summed E-state index contributed by atoms with van der Waals surface area (Å²) in [6.07, 6.45) is 5.54. The molecule has 0 aliphatic carbocycles. The molecule has 10 heteroatoms. The van der Waals surface area contributed by atoms with Gasteiger partial charge in [-0.25, -0.2) is 14.6 Å². The summed E-state index contributed by atoms with van der Waals surface area (Å²) in [5.74, 6) is -0.467. The van der Waals surface area contributed by atoms with E-state index in [0.29, 0.717) is 30.0 Å². The van der Waals surface area contributed by atoms with Crippen molar-refractivity contribution in [3.05, 3.63) is 54.0 Å². The largest absolute Gasteiger partial charge is 0.322 e. The maximum atomic E-state index is 12.8. The highest BCUT2D eigenvalue weighted by molar-refractivity contribution is 6.05. The molecular weight excluding hydrogens is 374 g/mol. The zero-order valence-corrected chi connectivity index (χ0v) is 15.1. The van der Waals surface area contributed by atoms with E-state index in [2.05, 4.69) is 25.6 Å². The second-order valence-corrected chi connectivity index (χ2v) is 6.86. The van der Waals surface area contributed by atoms with Crippen molar-refractivity contribution < 1.29 is 14.4 Å². The summed E-state index contributed by atoms with van der Waals surface area (Å²) in [5, 5.41) is 10.5. The van der Waals surface area contributed by atoms with Crippen LogP contribution in [0, 0.1) is 0 Å². The van der Waals surface area contributed by atoms with Crippen LogP contribution in [0.1, 0.15) is 28.8 Å². The van der Waals surface area contributed by atoms with Gasteiger partial charge in [-0.1, -0.05) is 5.21 Å². The molecule has 2 aromatic heterocycles. The molecule has 10 nitrogen and oxygen atoms in total. The number of hydrogen-bond acceptors (Lipinski definition) is 7. The first-order valence-electron chi connectivity index (χ1n) is 9.08. The number of aromatic nitrogens is 5. The minimum absolute atomic E-state index is 0.210. The number of benzene rings is 1. The van der Waals surface area contributed by atoms with Gasteiger partial charge in [0, 0.05) is 30.9 Å². The monoisotopic (exact) mass is 389 g/mol. The van der Waals surface area contributed by atoms with Crippen LogP contribution in [-0.2, 0) is 16.1 Å². The van der Waals surface area contributed by atoms with Crippen molar-refractivity contribution >= 4 is 17.7 Å². The molecule has 3 aromatic rings. The van der Waals surface area contributed by atoms with Crippen LogP contribution in [0.2, 0.25) is 0 Å². The third kappa shape index (κ3) is 2.94. The third-order valence-electron chi connectivity index (χ3n) is 5.06. The Kier molecular flexibility index (Phi) is 3.90. The summed E-state index contributed by atoms with van der Waals surface area (Å²) < 4.78 is 1.59. The van der Waals surface area contributed by atoms with Crippen LogP contribution in [0.4, 0.5) is 0 Å². The second kappa shape index (κ2) is 6.59. The Labute approximate surface area is 164 Å². The molecule has 1 unspecified atom stereocenters. The second-order valence-electron chi connectivity index (χ2n) is 6.86. The van der Waals surface area contributed by atoms with Crippen molar-refractivity contribution in [1.29, 1.82) is 0 Å². The summed E-state index contributed by atoms with van der Waals surface area (Å²) in [4.78, 5) is 46.1. The molecule has 1 fully saturated rings. The highest BCUT2D eigenvalue weighted by atomic mass is 16.2. The molecule has 1 N–H and O–H groups in total. The molecular formula is C19H15N7O3. The van der Waals surface area contributed by atoms with Gasteiger partial charge in [-0.3, -0.25) is 19.7 Å². The van der Waals surface area contributed by atoms with Gasteiger partial charge in [0.15, 0.2) is 11.5 Å². The topological polar surface area (TPSA) is 123 Å². The van der Waals surface area contributed by atoms with Gasteiger partial charge in [-0.15, -0.1) is 5.10 Å². The lowest BCUT2D eigenvalue weighted by molar-refractivity contribution is -0.136. The lowest BCUT2D eigenvalue weighted by Crippen LogP contribution is -2.52. The third-order valence-corrected chi connectivity index (χ3v) is 5.06. The number of rotatable bonds is 3. The lowest BCUT2D eigenvalue weighted by atomic mass is 10.0. The Balaban J connectivity index is 1.41. The van der Waals surface area contributed by atoms with Gasteiger partial charge in [0.05, 0.1) is 11.9 Å².